The van der Waals surface area contributed by atoms with Crippen LogP contribution in [0.15, 0.2) is 24.5 Å². The van der Waals surface area contributed by atoms with Crippen LogP contribution >= 0.6 is 0 Å². The highest BCUT2D eigenvalue weighted by atomic mass is 16.3. The molecule has 0 fully saturated rings. The van der Waals surface area contributed by atoms with Crippen LogP contribution in [0.5, 0.6) is 5.75 Å². The van der Waals surface area contributed by atoms with Crippen LogP contribution in [-0.2, 0) is 11.3 Å². The molecule has 5 nitrogen and oxygen atoms in total. The first-order valence-corrected chi connectivity index (χ1v) is 6.59. The lowest BCUT2D eigenvalue weighted by Gasteiger charge is -2.11. The Morgan fingerprint density at radius 1 is 1.47 bits per heavy atom. The predicted octanol–water partition coefficient (Wildman–Crippen LogP) is 2.09. The molecule has 0 saturated heterocycles. The topological polar surface area (TPSA) is 66.6 Å². The number of pyridine rings is 1. The smallest absolute Gasteiger partial charge is 0.223 e. The summed E-state index contributed by atoms with van der Waals surface area (Å²) in [6, 6.07) is 3.34. The number of hydrogen-bond acceptors (Lipinski definition) is 3. The van der Waals surface area contributed by atoms with Crippen LogP contribution in [0.4, 0.5) is 0 Å². The van der Waals surface area contributed by atoms with E-state index in [1.807, 2.05) is 26.2 Å². The third-order valence-corrected chi connectivity index (χ3v) is 3.31. The number of fused-ring (bicyclic) bond motifs is 1. The number of carbonyl (C=O) groups excluding carboxylic acids is 1. The van der Waals surface area contributed by atoms with Gasteiger partial charge in [0, 0.05) is 18.3 Å². The summed E-state index contributed by atoms with van der Waals surface area (Å²) in [6.45, 7) is 4.41. The molecular weight excluding hydrogens is 242 g/mol. The molecule has 1 amide bonds. The van der Waals surface area contributed by atoms with Crippen molar-refractivity contribution >= 4 is 11.6 Å². The molecule has 102 valence electrons. The Kier molecular flexibility index (Phi) is 4.04. The first-order chi connectivity index (χ1) is 9.15. The first-order valence-electron chi connectivity index (χ1n) is 6.59. The van der Waals surface area contributed by atoms with Gasteiger partial charge in [0.05, 0.1) is 12.2 Å². The average molecular weight is 261 g/mol. The molecule has 0 atom stereocenters. The average Bonchev–Trinajstić information content (AvgIpc) is 2.82. The second kappa shape index (κ2) is 5.73. The lowest BCUT2D eigenvalue weighted by atomic mass is 10.0. The van der Waals surface area contributed by atoms with Gasteiger partial charge < -0.3 is 14.8 Å². The van der Waals surface area contributed by atoms with Gasteiger partial charge >= 0.3 is 0 Å². The van der Waals surface area contributed by atoms with Crippen molar-refractivity contribution in [1.82, 2.24) is 14.7 Å². The van der Waals surface area contributed by atoms with E-state index >= 15 is 0 Å². The molecule has 0 bridgehead atoms. The molecule has 0 aliphatic rings. The number of rotatable bonds is 5. The van der Waals surface area contributed by atoms with Gasteiger partial charge in [-0.25, -0.2) is 4.98 Å². The standard InChI is InChI=1S/C14H19N3O2/c1-3-10(4-2)14(19)15-8-11-9-17-7-5-6-12(18)13(17)16-11/h5-7,9-10,18H,3-4,8H2,1-2H3,(H,15,19). The molecule has 2 aromatic heterocycles. The Bertz CT molecular complexity index is 573. The van der Waals surface area contributed by atoms with Crippen molar-refractivity contribution in [2.45, 2.75) is 33.2 Å². The van der Waals surface area contributed by atoms with E-state index in [1.54, 1.807) is 16.5 Å². The third kappa shape index (κ3) is 2.86. The lowest BCUT2D eigenvalue weighted by Crippen LogP contribution is -2.29. The molecule has 0 aromatic carbocycles. The summed E-state index contributed by atoms with van der Waals surface area (Å²) in [5, 5.41) is 12.5. The van der Waals surface area contributed by atoms with Crippen molar-refractivity contribution < 1.29 is 9.90 Å². The van der Waals surface area contributed by atoms with Gasteiger partial charge in [0.2, 0.25) is 5.91 Å². The van der Waals surface area contributed by atoms with Crippen LogP contribution in [0.1, 0.15) is 32.4 Å². The third-order valence-electron chi connectivity index (χ3n) is 3.31. The molecule has 0 saturated carbocycles. The highest BCUT2D eigenvalue weighted by molar-refractivity contribution is 5.78. The zero-order valence-corrected chi connectivity index (χ0v) is 11.3. The molecule has 2 N–H and O–H groups in total. The van der Waals surface area contributed by atoms with E-state index < -0.39 is 0 Å². The monoisotopic (exact) mass is 261 g/mol. The molecule has 0 unspecified atom stereocenters. The Morgan fingerprint density at radius 3 is 2.84 bits per heavy atom. The number of amides is 1. The first kappa shape index (κ1) is 13.4. The fourth-order valence-corrected chi connectivity index (χ4v) is 2.12. The zero-order valence-electron chi connectivity index (χ0n) is 11.3. The van der Waals surface area contributed by atoms with Crippen molar-refractivity contribution in [3.8, 4) is 5.75 Å². The van der Waals surface area contributed by atoms with Crippen LogP contribution in [0.3, 0.4) is 0 Å². The molecule has 19 heavy (non-hydrogen) atoms. The van der Waals surface area contributed by atoms with E-state index in [9.17, 15) is 9.90 Å². The van der Waals surface area contributed by atoms with E-state index in [0.29, 0.717) is 12.2 Å². The van der Waals surface area contributed by atoms with E-state index in [-0.39, 0.29) is 17.6 Å². The largest absolute Gasteiger partial charge is 0.504 e. The molecule has 2 heterocycles. The van der Waals surface area contributed by atoms with Gasteiger partial charge in [-0.2, -0.15) is 0 Å². The van der Waals surface area contributed by atoms with Gasteiger partial charge in [0.1, 0.15) is 0 Å². The number of aromatic hydroxyl groups is 1. The van der Waals surface area contributed by atoms with Gasteiger partial charge in [0.15, 0.2) is 11.4 Å². The summed E-state index contributed by atoms with van der Waals surface area (Å²) in [7, 11) is 0. The van der Waals surface area contributed by atoms with Crippen LogP contribution in [-0.4, -0.2) is 20.4 Å². The van der Waals surface area contributed by atoms with Crippen molar-refractivity contribution in [3.05, 3.63) is 30.2 Å². The van der Waals surface area contributed by atoms with Crippen LogP contribution in [0.2, 0.25) is 0 Å². The fraction of sp³-hybridized carbons (Fsp3) is 0.429. The van der Waals surface area contributed by atoms with E-state index in [1.165, 1.54) is 0 Å². The maximum Gasteiger partial charge on any atom is 0.223 e. The fourth-order valence-electron chi connectivity index (χ4n) is 2.12. The van der Waals surface area contributed by atoms with Gasteiger partial charge in [-0.3, -0.25) is 4.79 Å². The van der Waals surface area contributed by atoms with Crippen LogP contribution in [0.25, 0.3) is 5.65 Å². The van der Waals surface area contributed by atoms with Crippen LogP contribution in [0, 0.1) is 5.92 Å². The second-order valence-electron chi connectivity index (χ2n) is 4.59. The van der Waals surface area contributed by atoms with Crippen molar-refractivity contribution in [3.63, 3.8) is 0 Å². The minimum atomic E-state index is 0.0606. The number of carbonyl (C=O) groups is 1. The summed E-state index contributed by atoms with van der Waals surface area (Å²) in [5.74, 6) is 0.261. The Hall–Kier alpha value is -2.04. The molecule has 0 aliphatic heterocycles. The quantitative estimate of drug-likeness (QED) is 0.866. The number of hydrogen-bond donors (Lipinski definition) is 2. The van der Waals surface area contributed by atoms with Crippen molar-refractivity contribution in [1.29, 1.82) is 0 Å². The number of nitrogens with zero attached hydrogens (tertiary/aromatic N) is 2. The van der Waals surface area contributed by atoms with Gasteiger partial charge in [-0.05, 0) is 25.0 Å². The van der Waals surface area contributed by atoms with Crippen molar-refractivity contribution in [2.24, 2.45) is 5.92 Å². The maximum absolute atomic E-state index is 11.9. The molecule has 0 radical (unpaired) electrons. The SMILES string of the molecule is CCC(CC)C(=O)NCc1cn2cccc(O)c2n1. The summed E-state index contributed by atoms with van der Waals surface area (Å²) < 4.78 is 1.74. The van der Waals surface area contributed by atoms with Gasteiger partial charge in [-0.1, -0.05) is 13.8 Å². The molecule has 2 aromatic rings. The number of aromatic nitrogens is 2. The predicted molar refractivity (Wildman–Crippen MR) is 72.8 cm³/mol. The lowest BCUT2D eigenvalue weighted by molar-refractivity contribution is -0.125. The van der Waals surface area contributed by atoms with E-state index in [4.69, 9.17) is 0 Å². The molecule has 0 aliphatic carbocycles. The minimum Gasteiger partial charge on any atom is -0.504 e. The summed E-state index contributed by atoms with van der Waals surface area (Å²) >= 11 is 0. The van der Waals surface area contributed by atoms with Crippen LogP contribution < -0.4 is 5.32 Å². The zero-order chi connectivity index (χ0) is 13.8. The summed E-state index contributed by atoms with van der Waals surface area (Å²) in [6.07, 6.45) is 5.30. The van der Waals surface area contributed by atoms with Gasteiger partial charge in [0.25, 0.3) is 0 Å². The van der Waals surface area contributed by atoms with Gasteiger partial charge in [-0.15, -0.1) is 0 Å². The molecule has 5 heteroatoms. The number of nitrogens with one attached hydrogen (secondary N) is 1. The number of imidazole rings is 1. The summed E-state index contributed by atoms with van der Waals surface area (Å²) in [4.78, 5) is 16.2. The van der Waals surface area contributed by atoms with Crippen molar-refractivity contribution in [2.75, 3.05) is 0 Å². The molecular formula is C14H19N3O2. The Balaban J connectivity index is 2.06. The minimum absolute atomic E-state index is 0.0606. The Labute approximate surface area is 112 Å². The molecule has 0 spiro atoms. The summed E-state index contributed by atoms with van der Waals surface area (Å²) in [5.41, 5.74) is 1.25. The van der Waals surface area contributed by atoms with E-state index in [2.05, 4.69) is 10.3 Å². The highest BCUT2D eigenvalue weighted by Gasteiger charge is 2.14. The normalized spacial score (nSPS) is 11.1. The second-order valence-corrected chi connectivity index (χ2v) is 4.59. The highest BCUT2D eigenvalue weighted by Crippen LogP contribution is 2.16. The molecule has 2 rings (SSSR count). The Morgan fingerprint density at radius 2 is 2.21 bits per heavy atom. The maximum atomic E-state index is 11.9. The van der Waals surface area contributed by atoms with E-state index in [0.717, 1.165) is 18.5 Å².